The van der Waals surface area contributed by atoms with Crippen molar-refractivity contribution in [2.24, 2.45) is 5.73 Å². The minimum absolute atomic E-state index is 0.109. The lowest BCUT2D eigenvalue weighted by molar-refractivity contribution is 0.0128. The third-order valence-corrected chi connectivity index (χ3v) is 4.36. The third kappa shape index (κ3) is 2.66. The molecule has 0 aromatic carbocycles. The van der Waals surface area contributed by atoms with E-state index < -0.39 is 5.91 Å². The van der Waals surface area contributed by atoms with Gasteiger partial charge in [0.2, 0.25) is 5.91 Å². The minimum atomic E-state index is -0.396. The Labute approximate surface area is 130 Å². The van der Waals surface area contributed by atoms with Crippen LogP contribution in [-0.4, -0.2) is 16.4 Å². The van der Waals surface area contributed by atoms with E-state index >= 15 is 0 Å². The summed E-state index contributed by atoms with van der Waals surface area (Å²) >= 11 is 0. The van der Waals surface area contributed by atoms with Gasteiger partial charge < -0.3 is 14.9 Å². The highest BCUT2D eigenvalue weighted by Crippen LogP contribution is 2.29. The summed E-state index contributed by atoms with van der Waals surface area (Å²) in [6.45, 7) is 3.97. The number of aromatic nitrogens is 1. The third-order valence-electron chi connectivity index (χ3n) is 4.36. The first-order valence-electron chi connectivity index (χ1n) is 7.80. The van der Waals surface area contributed by atoms with Crippen molar-refractivity contribution in [3.8, 4) is 0 Å². The molecule has 2 atom stereocenters. The van der Waals surface area contributed by atoms with Gasteiger partial charge in [-0.3, -0.25) is 4.79 Å². The van der Waals surface area contributed by atoms with Crippen LogP contribution in [0.15, 0.2) is 36.5 Å². The number of allylic oxidation sites excluding steroid dienone is 1. The maximum atomic E-state index is 11.7. The number of amides is 1. The van der Waals surface area contributed by atoms with Crippen molar-refractivity contribution in [3.63, 3.8) is 0 Å². The smallest absolute Gasteiger partial charge is 0.249 e. The maximum Gasteiger partial charge on any atom is 0.249 e. The van der Waals surface area contributed by atoms with Gasteiger partial charge in [-0.25, -0.2) is 0 Å². The molecule has 1 aliphatic carbocycles. The summed E-state index contributed by atoms with van der Waals surface area (Å²) in [6.07, 6.45) is 9.69. The quantitative estimate of drug-likeness (QED) is 0.878. The van der Waals surface area contributed by atoms with E-state index in [1.807, 2.05) is 38.2 Å². The largest absolute Gasteiger partial charge is 0.366 e. The molecule has 0 saturated heterocycles. The van der Waals surface area contributed by atoms with Gasteiger partial charge in [0.15, 0.2) is 0 Å². The standard InChI is InChI=1S/C18H22N2O2/c1-12-16(18(19)21)11-14-7-6-10-20(14)17(12)13(2)22-15-8-4-3-5-9-15/h4,6-8,10-11,13,15H,3,5,9H2,1-2H3,(H2,19,21). The molecule has 4 heteroatoms. The molecule has 2 heterocycles. The lowest BCUT2D eigenvalue weighted by atomic mass is 10.0. The van der Waals surface area contributed by atoms with Crippen LogP contribution in [0, 0.1) is 6.92 Å². The number of hydrogen-bond donors (Lipinski definition) is 1. The summed E-state index contributed by atoms with van der Waals surface area (Å²) < 4.78 is 8.29. The number of pyridine rings is 1. The van der Waals surface area contributed by atoms with E-state index in [0.29, 0.717) is 5.56 Å². The van der Waals surface area contributed by atoms with Crippen molar-refractivity contribution in [3.05, 3.63) is 53.4 Å². The zero-order valence-electron chi connectivity index (χ0n) is 13.1. The number of carbonyl (C=O) groups is 1. The van der Waals surface area contributed by atoms with E-state index in [-0.39, 0.29) is 12.2 Å². The first-order valence-corrected chi connectivity index (χ1v) is 7.80. The first kappa shape index (κ1) is 14.9. The summed E-state index contributed by atoms with van der Waals surface area (Å²) in [7, 11) is 0. The van der Waals surface area contributed by atoms with Gasteiger partial charge in [-0.15, -0.1) is 0 Å². The molecule has 0 fully saturated rings. The normalized spacial score (nSPS) is 19.5. The molecule has 0 spiro atoms. The summed E-state index contributed by atoms with van der Waals surface area (Å²) in [4.78, 5) is 11.7. The van der Waals surface area contributed by atoms with E-state index in [9.17, 15) is 4.79 Å². The minimum Gasteiger partial charge on any atom is -0.366 e. The van der Waals surface area contributed by atoms with Crippen LogP contribution in [0.3, 0.4) is 0 Å². The zero-order valence-corrected chi connectivity index (χ0v) is 13.1. The fourth-order valence-electron chi connectivity index (χ4n) is 3.28. The number of carbonyl (C=O) groups excluding carboxylic acids is 1. The zero-order chi connectivity index (χ0) is 15.7. The lowest BCUT2D eigenvalue weighted by Crippen LogP contribution is -2.20. The highest BCUT2D eigenvalue weighted by Gasteiger charge is 2.21. The molecule has 2 N–H and O–H groups in total. The molecule has 0 radical (unpaired) electrons. The Kier molecular flexibility index (Phi) is 4.03. The van der Waals surface area contributed by atoms with Gasteiger partial charge in [0.1, 0.15) is 0 Å². The van der Waals surface area contributed by atoms with Crippen molar-refractivity contribution in [1.82, 2.24) is 4.40 Å². The molecule has 1 aliphatic rings. The van der Waals surface area contributed by atoms with Crippen LogP contribution in [-0.2, 0) is 4.74 Å². The molecular weight excluding hydrogens is 276 g/mol. The fraction of sp³-hybridized carbons (Fsp3) is 0.389. The number of rotatable bonds is 4. The maximum absolute atomic E-state index is 11.7. The van der Waals surface area contributed by atoms with Crippen molar-refractivity contribution < 1.29 is 9.53 Å². The molecule has 2 unspecified atom stereocenters. The van der Waals surface area contributed by atoms with Crippen molar-refractivity contribution in [2.45, 2.75) is 45.3 Å². The monoisotopic (exact) mass is 298 g/mol. The van der Waals surface area contributed by atoms with Crippen LogP contribution >= 0.6 is 0 Å². The van der Waals surface area contributed by atoms with Crippen LogP contribution in [0.25, 0.3) is 5.52 Å². The SMILES string of the molecule is Cc1c(C(N)=O)cc2cccn2c1C(C)OC1C=CCCC1. The van der Waals surface area contributed by atoms with Gasteiger partial charge in [0.25, 0.3) is 0 Å². The molecule has 4 nitrogen and oxygen atoms in total. The highest BCUT2D eigenvalue weighted by molar-refractivity contribution is 5.95. The number of nitrogens with zero attached hydrogens (tertiary/aromatic N) is 1. The molecule has 1 amide bonds. The molecule has 0 bridgehead atoms. The summed E-state index contributed by atoms with van der Waals surface area (Å²) in [6, 6.07) is 5.79. The van der Waals surface area contributed by atoms with E-state index in [0.717, 1.165) is 36.0 Å². The van der Waals surface area contributed by atoms with E-state index in [4.69, 9.17) is 10.5 Å². The van der Waals surface area contributed by atoms with Gasteiger partial charge >= 0.3 is 0 Å². The average molecular weight is 298 g/mol. The molecule has 116 valence electrons. The van der Waals surface area contributed by atoms with Crippen molar-refractivity contribution >= 4 is 11.4 Å². The molecule has 2 aromatic heterocycles. The number of ether oxygens (including phenoxy) is 1. The van der Waals surface area contributed by atoms with Crippen LogP contribution in [0.1, 0.15) is 53.9 Å². The molecule has 0 saturated carbocycles. The Bertz CT molecular complexity index is 730. The molecule has 22 heavy (non-hydrogen) atoms. The van der Waals surface area contributed by atoms with Crippen molar-refractivity contribution in [1.29, 1.82) is 0 Å². The number of nitrogens with two attached hydrogens (primary N) is 1. The lowest BCUT2D eigenvalue weighted by Gasteiger charge is -2.25. The second kappa shape index (κ2) is 5.97. The Hall–Kier alpha value is -2.07. The van der Waals surface area contributed by atoms with Gasteiger partial charge in [0, 0.05) is 17.3 Å². The topological polar surface area (TPSA) is 56.7 Å². The number of fused-ring (bicyclic) bond motifs is 1. The fourth-order valence-corrected chi connectivity index (χ4v) is 3.28. The van der Waals surface area contributed by atoms with Gasteiger partial charge in [0.05, 0.1) is 17.9 Å². The van der Waals surface area contributed by atoms with Gasteiger partial charge in [-0.2, -0.15) is 0 Å². The molecule has 0 aliphatic heterocycles. The second-order valence-corrected chi connectivity index (χ2v) is 5.91. The number of hydrogen-bond acceptors (Lipinski definition) is 2. The van der Waals surface area contributed by atoms with Crippen LogP contribution in [0.4, 0.5) is 0 Å². The summed E-state index contributed by atoms with van der Waals surface area (Å²) in [5.41, 5.74) is 8.94. The van der Waals surface area contributed by atoms with E-state index in [1.54, 1.807) is 0 Å². The highest BCUT2D eigenvalue weighted by atomic mass is 16.5. The Balaban J connectivity index is 2.02. The second-order valence-electron chi connectivity index (χ2n) is 5.91. The Morgan fingerprint density at radius 3 is 3.00 bits per heavy atom. The molecule has 2 aromatic rings. The van der Waals surface area contributed by atoms with E-state index in [1.165, 1.54) is 0 Å². The van der Waals surface area contributed by atoms with E-state index in [2.05, 4.69) is 16.6 Å². The van der Waals surface area contributed by atoms with Crippen LogP contribution < -0.4 is 5.73 Å². The Morgan fingerprint density at radius 1 is 1.50 bits per heavy atom. The first-order chi connectivity index (χ1) is 10.6. The average Bonchev–Trinajstić information content (AvgIpc) is 2.95. The summed E-state index contributed by atoms with van der Waals surface area (Å²) in [5.74, 6) is -0.396. The van der Waals surface area contributed by atoms with Crippen LogP contribution in [0.2, 0.25) is 0 Å². The predicted molar refractivity (Wildman–Crippen MR) is 86.9 cm³/mol. The molecular formula is C18H22N2O2. The van der Waals surface area contributed by atoms with Gasteiger partial charge in [-0.1, -0.05) is 12.2 Å². The van der Waals surface area contributed by atoms with Crippen molar-refractivity contribution in [2.75, 3.05) is 0 Å². The summed E-state index contributed by atoms with van der Waals surface area (Å²) in [5, 5.41) is 0. The predicted octanol–water partition coefficient (Wildman–Crippen LogP) is 3.53. The van der Waals surface area contributed by atoms with Crippen LogP contribution in [0.5, 0.6) is 0 Å². The van der Waals surface area contributed by atoms with Gasteiger partial charge in [-0.05, 0) is 56.9 Å². The Morgan fingerprint density at radius 2 is 2.32 bits per heavy atom. The number of primary amides is 1. The molecule has 3 rings (SSSR count).